The third kappa shape index (κ3) is 9.04. The number of hydrogen-bond acceptors (Lipinski definition) is 7. The summed E-state index contributed by atoms with van der Waals surface area (Å²) < 4.78 is 22.8. The molecule has 160 valence electrons. The van der Waals surface area contributed by atoms with E-state index in [2.05, 4.69) is 4.98 Å². The van der Waals surface area contributed by atoms with Gasteiger partial charge in [-0.15, -0.1) is 0 Å². The smallest absolute Gasteiger partial charge is 0.371 e. The normalized spacial score (nSPS) is 13.1. The Balaban J connectivity index is 0. The van der Waals surface area contributed by atoms with Gasteiger partial charge in [0.2, 0.25) is 0 Å². The highest BCUT2D eigenvalue weighted by molar-refractivity contribution is 7.72. The number of carboxylic acid groups (broad SMARTS) is 1. The summed E-state index contributed by atoms with van der Waals surface area (Å²) in [7, 11) is -10.8. The maximum atomic E-state index is 10.9. The second-order valence-electron chi connectivity index (χ2n) is 5.33. The summed E-state index contributed by atoms with van der Waals surface area (Å²) in [5.41, 5.74) is 10.4. The van der Waals surface area contributed by atoms with E-state index in [1.54, 1.807) is 0 Å². The lowest BCUT2D eigenvalue weighted by Gasteiger charge is -2.29. The molecule has 16 heteroatoms. The van der Waals surface area contributed by atoms with E-state index >= 15 is 0 Å². The number of carboxylic acids is 1. The van der Waals surface area contributed by atoms with Gasteiger partial charge in [-0.2, -0.15) is 0 Å². The highest BCUT2D eigenvalue weighted by Gasteiger charge is 2.59. The van der Waals surface area contributed by atoms with Gasteiger partial charge in [-0.05, 0) is 19.4 Å². The van der Waals surface area contributed by atoms with Crippen LogP contribution in [0.5, 0.6) is 0 Å². The Bertz CT molecular complexity index is 622. The largest absolute Gasteiger partial charge is 0.480 e. The van der Waals surface area contributed by atoms with Crippen LogP contribution < -0.4 is 11.5 Å². The molecule has 1 aromatic rings. The summed E-state index contributed by atoms with van der Waals surface area (Å²) in [6.45, 7) is -0.353. The molecule has 0 aliphatic rings. The zero-order valence-corrected chi connectivity index (χ0v) is 16.0. The van der Waals surface area contributed by atoms with Crippen LogP contribution >= 0.6 is 15.2 Å². The third-order valence-electron chi connectivity index (χ3n) is 3.17. The summed E-state index contributed by atoms with van der Waals surface area (Å²) in [5.74, 6) is -0.933. The first-order valence-corrected chi connectivity index (χ1v) is 10.5. The molecule has 0 saturated heterocycles. The fraction of sp³-hybridized carbons (Fsp3) is 0.636. The van der Waals surface area contributed by atoms with Crippen molar-refractivity contribution in [1.29, 1.82) is 0 Å². The second kappa shape index (κ2) is 11.6. The molecule has 0 bridgehead atoms. The number of nitrogens with zero attached hydrogens (tertiary/aromatic N) is 2. The molecule has 0 spiro atoms. The summed E-state index contributed by atoms with van der Waals surface area (Å²) >= 11 is 0. The topological polar surface area (TPSA) is 274 Å². The number of nitrogens with two attached hydrogens (primary N) is 2. The van der Waals surface area contributed by atoms with Crippen LogP contribution in [0.3, 0.4) is 0 Å². The molecule has 1 heterocycles. The first kappa shape index (κ1) is 28.0. The van der Waals surface area contributed by atoms with Crippen LogP contribution in [0.2, 0.25) is 0 Å². The summed E-state index contributed by atoms with van der Waals surface area (Å²) in [6.07, 6.45) is 5.67. The van der Waals surface area contributed by atoms with Gasteiger partial charge in [0.05, 0.1) is 12.9 Å². The van der Waals surface area contributed by atoms with Gasteiger partial charge in [0.1, 0.15) is 6.04 Å². The van der Waals surface area contributed by atoms with Crippen LogP contribution in [0, 0.1) is 0 Å². The zero-order valence-electron chi connectivity index (χ0n) is 14.2. The monoisotopic (exact) mass is 436 g/mol. The summed E-state index contributed by atoms with van der Waals surface area (Å²) in [5, 5.41) is 14.4. The zero-order chi connectivity index (χ0) is 20.6. The van der Waals surface area contributed by atoms with Crippen LogP contribution in [-0.4, -0.2) is 68.5 Å². The molecule has 1 unspecified atom stereocenters. The summed E-state index contributed by atoms with van der Waals surface area (Å²) in [6, 6.07) is -0.716. The predicted octanol–water partition coefficient (Wildman–Crippen LogP) is -2.41. The van der Waals surface area contributed by atoms with Crippen LogP contribution in [0.25, 0.3) is 0 Å². The Morgan fingerprint density at radius 1 is 1.19 bits per heavy atom. The predicted molar refractivity (Wildman–Crippen MR) is 93.4 cm³/mol. The number of aliphatic hydroxyl groups is 1. The Morgan fingerprint density at radius 3 is 2.04 bits per heavy atom. The Morgan fingerprint density at radius 2 is 1.70 bits per heavy atom. The quantitative estimate of drug-likeness (QED) is 0.148. The molecule has 14 nitrogen and oxygen atoms in total. The lowest BCUT2D eigenvalue weighted by atomic mass is 10.1. The van der Waals surface area contributed by atoms with Gasteiger partial charge in [0.15, 0.2) is 0 Å². The van der Waals surface area contributed by atoms with Crippen molar-refractivity contribution >= 4 is 21.2 Å². The standard InChI is InChI=1S/C6H14N2O2.C5H10N2O7P2.H2O/c7-4-2-1-3-5(8)6(9)10;8-5(15(9,10)11,16(12,13)14)3-7-2-1-6-4-7;/h5H,1-4,7-8H2,(H,9,10);1-2,4,8H,3H2,(H2,9,10,11)(H2,12,13,14);1H2. The minimum absolute atomic E-state index is 0. The van der Waals surface area contributed by atoms with Gasteiger partial charge in [-0.1, -0.05) is 6.42 Å². The number of rotatable bonds is 9. The number of aliphatic carboxylic acids is 1. The first-order valence-electron chi connectivity index (χ1n) is 7.24. The SMILES string of the molecule is NCCCCC(N)C(=O)O.O.O=P(O)(O)C(O)(Cn1ccnc1)P(=O)(O)O. The van der Waals surface area contributed by atoms with Gasteiger partial charge in [-0.25, -0.2) is 4.98 Å². The van der Waals surface area contributed by atoms with Gasteiger partial charge in [0.25, 0.3) is 5.08 Å². The van der Waals surface area contributed by atoms with E-state index in [0.29, 0.717) is 13.0 Å². The van der Waals surface area contributed by atoms with E-state index in [4.69, 9.17) is 36.1 Å². The van der Waals surface area contributed by atoms with Crippen molar-refractivity contribution in [1.82, 2.24) is 9.55 Å². The highest BCUT2D eigenvalue weighted by atomic mass is 31.2. The fourth-order valence-corrected chi connectivity index (χ4v) is 3.66. The second-order valence-corrected chi connectivity index (χ2v) is 9.34. The van der Waals surface area contributed by atoms with Crippen molar-refractivity contribution in [3.8, 4) is 0 Å². The molecule has 0 fully saturated rings. The lowest BCUT2D eigenvalue weighted by molar-refractivity contribution is -0.138. The van der Waals surface area contributed by atoms with Crippen LogP contribution in [0.4, 0.5) is 0 Å². The van der Waals surface area contributed by atoms with E-state index in [-0.39, 0.29) is 5.48 Å². The molecule has 27 heavy (non-hydrogen) atoms. The molecule has 0 aromatic carbocycles. The van der Waals surface area contributed by atoms with E-state index in [1.807, 2.05) is 0 Å². The van der Waals surface area contributed by atoms with Crippen molar-refractivity contribution in [2.45, 2.75) is 36.9 Å². The van der Waals surface area contributed by atoms with Gasteiger partial charge < -0.3 is 51.3 Å². The molecule has 0 amide bonds. The van der Waals surface area contributed by atoms with Crippen molar-refractivity contribution in [2.24, 2.45) is 11.5 Å². The first-order chi connectivity index (χ1) is 11.8. The minimum Gasteiger partial charge on any atom is -0.480 e. The average molecular weight is 436 g/mol. The Hall–Kier alpha value is -1.18. The van der Waals surface area contributed by atoms with Crippen LogP contribution in [-0.2, 0) is 20.5 Å². The van der Waals surface area contributed by atoms with Gasteiger partial charge >= 0.3 is 21.2 Å². The van der Waals surface area contributed by atoms with E-state index in [0.717, 1.165) is 23.7 Å². The fourth-order valence-electron chi connectivity index (χ4n) is 1.61. The molecule has 0 saturated carbocycles. The molecule has 1 aromatic heterocycles. The molecule has 12 N–H and O–H groups in total. The number of hydrogen-bond donors (Lipinski definition) is 8. The van der Waals surface area contributed by atoms with Gasteiger partial charge in [-0.3, -0.25) is 13.9 Å². The minimum atomic E-state index is -5.41. The molecule has 0 radical (unpaired) electrons. The van der Waals surface area contributed by atoms with Crippen molar-refractivity contribution in [3.05, 3.63) is 18.7 Å². The van der Waals surface area contributed by atoms with Crippen LogP contribution in [0.15, 0.2) is 18.7 Å². The van der Waals surface area contributed by atoms with E-state index in [1.165, 1.54) is 12.4 Å². The molecule has 0 aliphatic heterocycles. The number of unbranched alkanes of at least 4 members (excludes halogenated alkanes) is 1. The van der Waals surface area contributed by atoms with Crippen molar-refractivity contribution < 1.29 is 49.2 Å². The maximum absolute atomic E-state index is 10.9. The highest BCUT2D eigenvalue weighted by Crippen LogP contribution is 2.67. The number of imidazole rings is 1. The maximum Gasteiger partial charge on any atom is 0.371 e. The van der Waals surface area contributed by atoms with Crippen LogP contribution in [0.1, 0.15) is 19.3 Å². The molecular formula is C11H26N4O10P2. The third-order valence-corrected chi connectivity index (χ3v) is 6.89. The average Bonchev–Trinajstić information content (AvgIpc) is 2.98. The molecule has 1 rings (SSSR count). The lowest BCUT2D eigenvalue weighted by Crippen LogP contribution is -2.33. The number of carbonyl (C=O) groups is 1. The molecule has 1 atom stereocenters. The summed E-state index contributed by atoms with van der Waals surface area (Å²) in [4.78, 5) is 48.9. The molecular weight excluding hydrogens is 410 g/mol. The van der Waals surface area contributed by atoms with Crippen molar-refractivity contribution in [2.75, 3.05) is 6.54 Å². The Kier molecular flexibility index (Phi) is 12.1. The number of aromatic nitrogens is 2. The van der Waals surface area contributed by atoms with E-state index in [9.17, 15) is 19.0 Å². The van der Waals surface area contributed by atoms with Gasteiger partial charge in [0, 0.05) is 12.4 Å². The molecule has 0 aliphatic carbocycles. The van der Waals surface area contributed by atoms with E-state index < -0.39 is 38.8 Å². The Labute approximate surface area is 154 Å². The van der Waals surface area contributed by atoms with Crippen molar-refractivity contribution in [3.63, 3.8) is 0 Å².